The van der Waals surface area contributed by atoms with Crippen LogP contribution in [0.25, 0.3) is 0 Å². The quantitative estimate of drug-likeness (QED) is 0.759. The van der Waals surface area contributed by atoms with E-state index in [0.29, 0.717) is 10.8 Å². The lowest BCUT2D eigenvalue weighted by Gasteiger charge is -2.13. The van der Waals surface area contributed by atoms with Crippen molar-refractivity contribution < 1.29 is 9.21 Å². The summed E-state index contributed by atoms with van der Waals surface area (Å²) in [6.07, 6.45) is 1.67. The molecular formula is C19H17ClN2O3. The van der Waals surface area contributed by atoms with Crippen LogP contribution in [0, 0.1) is 0 Å². The number of benzene rings is 1. The van der Waals surface area contributed by atoms with Gasteiger partial charge in [-0.05, 0) is 42.8 Å². The standard InChI is InChI=1S/C19H17ClN2O3/c1-13(14-5-4-6-15(20)11-14)21-19(24)17-9-8-16(25-17)12-22-10-3-2-7-18(22)23/h2-11,13H,12H2,1H3,(H,21,24)/t13-/m1/s1. The van der Waals surface area contributed by atoms with Crippen LogP contribution >= 0.6 is 11.6 Å². The fourth-order valence-electron chi connectivity index (χ4n) is 2.47. The van der Waals surface area contributed by atoms with Crippen LogP contribution in [0.15, 0.2) is 70.0 Å². The lowest BCUT2D eigenvalue weighted by molar-refractivity contribution is 0.0910. The van der Waals surface area contributed by atoms with Gasteiger partial charge in [0.05, 0.1) is 12.6 Å². The molecular weight excluding hydrogens is 340 g/mol. The van der Waals surface area contributed by atoms with Gasteiger partial charge >= 0.3 is 0 Å². The summed E-state index contributed by atoms with van der Waals surface area (Å²) in [5.74, 6) is 0.417. The van der Waals surface area contributed by atoms with Gasteiger partial charge in [0, 0.05) is 17.3 Å². The highest BCUT2D eigenvalue weighted by atomic mass is 35.5. The van der Waals surface area contributed by atoms with Crippen molar-refractivity contribution in [2.24, 2.45) is 0 Å². The Bertz CT molecular complexity index is 945. The van der Waals surface area contributed by atoms with Crippen molar-refractivity contribution in [1.82, 2.24) is 9.88 Å². The Morgan fingerprint density at radius 1 is 1.20 bits per heavy atom. The second kappa shape index (κ2) is 7.40. The molecule has 3 aromatic rings. The summed E-state index contributed by atoms with van der Waals surface area (Å²) < 4.78 is 7.08. The molecule has 6 heteroatoms. The normalized spacial score (nSPS) is 11.9. The Morgan fingerprint density at radius 3 is 2.80 bits per heavy atom. The molecule has 0 aliphatic heterocycles. The molecule has 1 N–H and O–H groups in total. The largest absolute Gasteiger partial charge is 0.454 e. The Balaban J connectivity index is 1.68. The van der Waals surface area contributed by atoms with Crippen LogP contribution in [0.4, 0.5) is 0 Å². The summed E-state index contributed by atoms with van der Waals surface area (Å²) in [6.45, 7) is 2.15. The summed E-state index contributed by atoms with van der Waals surface area (Å²) in [6, 6.07) is 15.3. The molecule has 1 amide bonds. The predicted octanol–water partition coefficient (Wildman–Crippen LogP) is 3.63. The number of aromatic nitrogens is 1. The number of amides is 1. The molecule has 2 aromatic heterocycles. The van der Waals surface area contributed by atoms with E-state index in [2.05, 4.69) is 5.32 Å². The fraction of sp³-hybridized carbons (Fsp3) is 0.158. The summed E-state index contributed by atoms with van der Waals surface area (Å²) in [4.78, 5) is 24.1. The molecule has 0 spiro atoms. The molecule has 0 unspecified atom stereocenters. The number of carbonyl (C=O) groups is 1. The summed E-state index contributed by atoms with van der Waals surface area (Å²) >= 11 is 5.98. The number of rotatable bonds is 5. The number of hydrogen-bond acceptors (Lipinski definition) is 3. The topological polar surface area (TPSA) is 64.2 Å². The SMILES string of the molecule is C[C@@H](NC(=O)c1ccc(Cn2ccccc2=O)o1)c1cccc(Cl)c1. The third-order valence-corrected chi connectivity index (χ3v) is 4.04. The Hall–Kier alpha value is -2.79. The van der Waals surface area contributed by atoms with Crippen molar-refractivity contribution in [3.05, 3.63) is 93.3 Å². The van der Waals surface area contributed by atoms with Crippen LogP contribution < -0.4 is 10.9 Å². The first-order valence-corrected chi connectivity index (χ1v) is 8.21. The van der Waals surface area contributed by atoms with E-state index in [4.69, 9.17) is 16.0 Å². The van der Waals surface area contributed by atoms with Gasteiger partial charge in [-0.1, -0.05) is 29.8 Å². The van der Waals surface area contributed by atoms with Crippen LogP contribution in [0.5, 0.6) is 0 Å². The van der Waals surface area contributed by atoms with E-state index >= 15 is 0 Å². The second-order valence-corrected chi connectivity index (χ2v) is 6.12. The zero-order chi connectivity index (χ0) is 17.8. The maximum absolute atomic E-state index is 12.3. The van der Waals surface area contributed by atoms with Crippen LogP contribution in [0.2, 0.25) is 5.02 Å². The average molecular weight is 357 g/mol. The first kappa shape index (κ1) is 17.0. The third kappa shape index (κ3) is 4.19. The highest BCUT2D eigenvalue weighted by molar-refractivity contribution is 6.30. The molecule has 1 atom stereocenters. The van der Waals surface area contributed by atoms with E-state index in [9.17, 15) is 9.59 Å². The van der Waals surface area contributed by atoms with Gasteiger partial charge in [-0.3, -0.25) is 9.59 Å². The van der Waals surface area contributed by atoms with Crippen LogP contribution in [-0.2, 0) is 6.54 Å². The molecule has 5 nitrogen and oxygen atoms in total. The molecule has 2 heterocycles. The zero-order valence-corrected chi connectivity index (χ0v) is 14.4. The van der Waals surface area contributed by atoms with Gasteiger partial charge in [-0.15, -0.1) is 0 Å². The van der Waals surface area contributed by atoms with E-state index in [1.54, 1.807) is 36.5 Å². The number of carbonyl (C=O) groups excluding carboxylic acids is 1. The minimum Gasteiger partial charge on any atom is -0.454 e. The molecule has 0 saturated heterocycles. The first-order chi connectivity index (χ1) is 12.0. The van der Waals surface area contributed by atoms with Gasteiger partial charge in [0.2, 0.25) is 0 Å². The fourth-order valence-corrected chi connectivity index (χ4v) is 2.67. The Labute approximate surface area is 149 Å². The molecule has 0 radical (unpaired) electrons. The minimum absolute atomic E-state index is 0.125. The van der Waals surface area contributed by atoms with Crippen LogP contribution in [-0.4, -0.2) is 10.5 Å². The number of nitrogens with one attached hydrogen (secondary N) is 1. The van der Waals surface area contributed by atoms with Crippen molar-refractivity contribution in [2.45, 2.75) is 19.5 Å². The number of pyridine rings is 1. The molecule has 0 bridgehead atoms. The predicted molar refractivity (Wildman–Crippen MR) is 95.8 cm³/mol. The van der Waals surface area contributed by atoms with E-state index in [1.165, 1.54) is 10.6 Å². The number of nitrogens with zero attached hydrogens (tertiary/aromatic N) is 1. The van der Waals surface area contributed by atoms with Crippen molar-refractivity contribution in [3.63, 3.8) is 0 Å². The lowest BCUT2D eigenvalue weighted by atomic mass is 10.1. The zero-order valence-electron chi connectivity index (χ0n) is 13.6. The van der Waals surface area contributed by atoms with Gasteiger partial charge in [0.25, 0.3) is 11.5 Å². The molecule has 0 aliphatic carbocycles. The first-order valence-electron chi connectivity index (χ1n) is 7.83. The summed E-state index contributed by atoms with van der Waals surface area (Å²) in [5, 5.41) is 3.49. The van der Waals surface area contributed by atoms with Crippen molar-refractivity contribution >= 4 is 17.5 Å². The Morgan fingerprint density at radius 2 is 2.04 bits per heavy atom. The second-order valence-electron chi connectivity index (χ2n) is 5.68. The van der Waals surface area contributed by atoms with Gasteiger partial charge in [0.1, 0.15) is 5.76 Å². The monoisotopic (exact) mass is 356 g/mol. The van der Waals surface area contributed by atoms with Crippen LogP contribution in [0.3, 0.4) is 0 Å². The van der Waals surface area contributed by atoms with Crippen LogP contribution in [0.1, 0.15) is 34.8 Å². The van der Waals surface area contributed by atoms with E-state index < -0.39 is 0 Å². The average Bonchev–Trinajstić information content (AvgIpc) is 3.06. The maximum atomic E-state index is 12.3. The van der Waals surface area contributed by atoms with Gasteiger partial charge in [-0.25, -0.2) is 0 Å². The van der Waals surface area contributed by atoms with Gasteiger partial charge in [-0.2, -0.15) is 0 Å². The molecule has 0 saturated carbocycles. The summed E-state index contributed by atoms with van der Waals surface area (Å²) in [5.41, 5.74) is 0.781. The third-order valence-electron chi connectivity index (χ3n) is 3.81. The Kier molecular flexibility index (Phi) is 5.05. The van der Waals surface area contributed by atoms with Crippen molar-refractivity contribution in [1.29, 1.82) is 0 Å². The molecule has 0 aliphatic rings. The maximum Gasteiger partial charge on any atom is 0.287 e. The van der Waals surface area contributed by atoms with E-state index in [1.807, 2.05) is 25.1 Å². The highest BCUT2D eigenvalue weighted by Gasteiger charge is 2.15. The molecule has 128 valence electrons. The summed E-state index contributed by atoms with van der Waals surface area (Å²) in [7, 11) is 0. The smallest absolute Gasteiger partial charge is 0.287 e. The molecule has 25 heavy (non-hydrogen) atoms. The number of hydrogen-bond donors (Lipinski definition) is 1. The van der Waals surface area contributed by atoms with Gasteiger partial charge in [0.15, 0.2) is 5.76 Å². The highest BCUT2D eigenvalue weighted by Crippen LogP contribution is 2.18. The van der Waals surface area contributed by atoms with E-state index in [0.717, 1.165) is 5.56 Å². The van der Waals surface area contributed by atoms with Gasteiger partial charge < -0.3 is 14.3 Å². The number of furan rings is 1. The van der Waals surface area contributed by atoms with E-state index in [-0.39, 0.29) is 29.8 Å². The molecule has 0 fully saturated rings. The number of halogens is 1. The minimum atomic E-state index is -0.320. The van der Waals surface area contributed by atoms with Crippen molar-refractivity contribution in [2.75, 3.05) is 0 Å². The van der Waals surface area contributed by atoms with Crippen molar-refractivity contribution in [3.8, 4) is 0 Å². The molecule has 1 aromatic carbocycles. The molecule has 3 rings (SSSR count). The lowest BCUT2D eigenvalue weighted by Crippen LogP contribution is -2.26.